The summed E-state index contributed by atoms with van der Waals surface area (Å²) in [6.45, 7) is 12.9. The fourth-order valence-electron chi connectivity index (χ4n) is 4.05. The van der Waals surface area contributed by atoms with E-state index in [2.05, 4.69) is 63.5 Å². The SMILES string of the molecule is Cc1c(C)c(C)c(N2c3c(C#N)ccc(C#N)c3N(C)[C@@H]2C)c(C)c1C. The van der Waals surface area contributed by atoms with Gasteiger partial charge < -0.3 is 9.80 Å². The van der Waals surface area contributed by atoms with E-state index in [-0.39, 0.29) is 6.17 Å². The third-order valence-corrected chi connectivity index (χ3v) is 6.12. The van der Waals surface area contributed by atoms with E-state index in [4.69, 9.17) is 0 Å². The average Bonchev–Trinajstić information content (AvgIpc) is 2.90. The smallest absolute Gasteiger partial charge is 0.103 e. The van der Waals surface area contributed by atoms with E-state index >= 15 is 0 Å². The molecule has 26 heavy (non-hydrogen) atoms. The van der Waals surface area contributed by atoms with Crippen LogP contribution in [0.3, 0.4) is 0 Å². The van der Waals surface area contributed by atoms with Crippen LogP contribution in [0.15, 0.2) is 12.1 Å². The number of nitrogens with zero attached hydrogens (tertiary/aromatic N) is 4. The van der Waals surface area contributed by atoms with Gasteiger partial charge in [0.15, 0.2) is 0 Å². The quantitative estimate of drug-likeness (QED) is 0.738. The number of hydrogen-bond acceptors (Lipinski definition) is 4. The van der Waals surface area contributed by atoms with Crippen molar-refractivity contribution in [2.45, 2.75) is 47.7 Å². The van der Waals surface area contributed by atoms with Crippen LogP contribution < -0.4 is 9.80 Å². The van der Waals surface area contributed by atoms with Crippen molar-refractivity contribution in [3.63, 3.8) is 0 Å². The van der Waals surface area contributed by atoms with Crippen LogP contribution >= 0.6 is 0 Å². The summed E-state index contributed by atoms with van der Waals surface area (Å²) < 4.78 is 0. The summed E-state index contributed by atoms with van der Waals surface area (Å²) >= 11 is 0. The first-order chi connectivity index (χ1) is 12.3. The molecule has 0 amide bonds. The summed E-state index contributed by atoms with van der Waals surface area (Å²) in [6.07, 6.45) is 0.0190. The fraction of sp³-hybridized carbons (Fsp3) is 0.364. The highest BCUT2D eigenvalue weighted by Gasteiger charge is 2.37. The Labute approximate surface area is 155 Å². The summed E-state index contributed by atoms with van der Waals surface area (Å²) in [5.74, 6) is 0. The minimum absolute atomic E-state index is 0.0190. The van der Waals surface area contributed by atoms with E-state index in [1.165, 1.54) is 27.8 Å². The molecule has 0 spiro atoms. The van der Waals surface area contributed by atoms with Gasteiger partial charge in [0.2, 0.25) is 0 Å². The van der Waals surface area contributed by atoms with E-state index in [0.29, 0.717) is 11.1 Å². The van der Waals surface area contributed by atoms with E-state index in [9.17, 15) is 10.5 Å². The van der Waals surface area contributed by atoms with Crippen LogP contribution in [0.4, 0.5) is 17.1 Å². The topological polar surface area (TPSA) is 54.1 Å². The van der Waals surface area contributed by atoms with Gasteiger partial charge in [-0.05, 0) is 81.5 Å². The molecule has 0 aliphatic carbocycles. The third kappa shape index (κ3) is 2.19. The van der Waals surface area contributed by atoms with Crippen LogP contribution in [-0.4, -0.2) is 13.2 Å². The lowest BCUT2D eigenvalue weighted by Gasteiger charge is -2.32. The highest BCUT2D eigenvalue weighted by atomic mass is 15.4. The first-order valence-electron chi connectivity index (χ1n) is 8.82. The predicted molar refractivity (Wildman–Crippen MR) is 106 cm³/mol. The molecule has 0 bridgehead atoms. The molecule has 1 heterocycles. The number of nitriles is 2. The van der Waals surface area contributed by atoms with Crippen LogP contribution in [0.1, 0.15) is 45.9 Å². The zero-order valence-corrected chi connectivity index (χ0v) is 16.5. The molecule has 0 aromatic heterocycles. The third-order valence-electron chi connectivity index (χ3n) is 6.12. The lowest BCUT2D eigenvalue weighted by Crippen LogP contribution is -2.36. The fourth-order valence-corrected chi connectivity index (χ4v) is 4.05. The van der Waals surface area contributed by atoms with Crippen molar-refractivity contribution < 1.29 is 0 Å². The Balaban J connectivity index is 2.43. The van der Waals surface area contributed by atoms with Gasteiger partial charge in [-0.2, -0.15) is 10.5 Å². The van der Waals surface area contributed by atoms with Crippen LogP contribution in [0.5, 0.6) is 0 Å². The molecule has 1 aliphatic rings. The lowest BCUT2D eigenvalue weighted by molar-refractivity contribution is 0.729. The normalized spacial score (nSPS) is 15.7. The molecule has 1 atom stereocenters. The first kappa shape index (κ1) is 17.8. The molecule has 0 fully saturated rings. The van der Waals surface area contributed by atoms with Crippen LogP contribution in [0, 0.1) is 57.3 Å². The van der Waals surface area contributed by atoms with Gasteiger partial charge in [-0.15, -0.1) is 0 Å². The summed E-state index contributed by atoms with van der Waals surface area (Å²) in [7, 11) is 1.99. The molecule has 3 rings (SSSR count). The summed E-state index contributed by atoms with van der Waals surface area (Å²) in [4.78, 5) is 4.33. The molecule has 132 valence electrons. The van der Waals surface area contributed by atoms with Crippen molar-refractivity contribution in [1.29, 1.82) is 10.5 Å². The van der Waals surface area contributed by atoms with Crippen molar-refractivity contribution in [2.75, 3.05) is 16.8 Å². The van der Waals surface area contributed by atoms with Crippen molar-refractivity contribution in [2.24, 2.45) is 0 Å². The van der Waals surface area contributed by atoms with Gasteiger partial charge in [-0.3, -0.25) is 0 Å². The van der Waals surface area contributed by atoms with Gasteiger partial charge in [0.05, 0.1) is 22.5 Å². The average molecular weight is 344 g/mol. The Kier molecular flexibility index (Phi) is 4.17. The number of benzene rings is 2. The molecular weight excluding hydrogens is 320 g/mol. The molecule has 0 N–H and O–H groups in total. The molecule has 0 unspecified atom stereocenters. The molecule has 4 nitrogen and oxygen atoms in total. The zero-order chi connectivity index (χ0) is 19.3. The van der Waals surface area contributed by atoms with Crippen LogP contribution in [-0.2, 0) is 0 Å². The predicted octanol–water partition coefficient (Wildman–Crippen LogP) is 4.91. The number of fused-ring (bicyclic) bond motifs is 1. The minimum atomic E-state index is 0.0190. The van der Waals surface area contributed by atoms with Gasteiger partial charge in [0.25, 0.3) is 0 Å². The number of anilines is 3. The van der Waals surface area contributed by atoms with Crippen LogP contribution in [0.25, 0.3) is 0 Å². The molecule has 2 aromatic carbocycles. The summed E-state index contributed by atoms with van der Waals surface area (Å²) in [5, 5.41) is 19.3. The standard InChI is InChI=1S/C22H24N4/c1-12-13(2)15(4)20(16(5)14(12)3)26-17(6)25(7)21-18(10-23)8-9-19(11-24)22(21)26/h8-9,17H,1-7H3/t17-/m0/s1. The van der Waals surface area contributed by atoms with E-state index < -0.39 is 0 Å². The highest BCUT2D eigenvalue weighted by Crippen LogP contribution is 2.49. The molecule has 4 heteroatoms. The van der Waals surface area contributed by atoms with Gasteiger partial charge >= 0.3 is 0 Å². The summed E-state index contributed by atoms with van der Waals surface area (Å²) in [5.41, 5.74) is 10.4. The van der Waals surface area contributed by atoms with Gasteiger partial charge in [-0.1, -0.05) is 0 Å². The second-order valence-electron chi connectivity index (χ2n) is 7.17. The maximum atomic E-state index is 9.72. The van der Waals surface area contributed by atoms with Gasteiger partial charge in [-0.25, -0.2) is 0 Å². The molecular formula is C22H24N4. The number of rotatable bonds is 1. The highest BCUT2D eigenvalue weighted by molar-refractivity contribution is 5.92. The maximum absolute atomic E-state index is 9.72. The molecule has 1 aliphatic heterocycles. The maximum Gasteiger partial charge on any atom is 0.103 e. The second kappa shape index (κ2) is 6.07. The molecule has 0 radical (unpaired) electrons. The Morgan fingerprint density at radius 2 is 1.15 bits per heavy atom. The van der Waals surface area contributed by atoms with Gasteiger partial charge in [0, 0.05) is 12.7 Å². The first-order valence-corrected chi connectivity index (χ1v) is 8.82. The van der Waals surface area contributed by atoms with Crippen molar-refractivity contribution in [3.05, 3.63) is 51.1 Å². The molecule has 0 saturated heterocycles. The van der Waals surface area contributed by atoms with E-state index in [0.717, 1.165) is 17.1 Å². The molecule has 0 saturated carbocycles. The zero-order valence-electron chi connectivity index (χ0n) is 16.5. The summed E-state index contributed by atoms with van der Waals surface area (Å²) in [6, 6.07) is 8.11. The van der Waals surface area contributed by atoms with Crippen molar-refractivity contribution >= 4 is 17.1 Å². The Morgan fingerprint density at radius 3 is 1.62 bits per heavy atom. The van der Waals surface area contributed by atoms with E-state index in [1.54, 1.807) is 12.1 Å². The van der Waals surface area contributed by atoms with Crippen molar-refractivity contribution in [1.82, 2.24) is 0 Å². The van der Waals surface area contributed by atoms with Crippen LogP contribution in [0.2, 0.25) is 0 Å². The van der Waals surface area contributed by atoms with Crippen molar-refractivity contribution in [3.8, 4) is 12.1 Å². The largest absolute Gasteiger partial charge is 0.351 e. The monoisotopic (exact) mass is 344 g/mol. The Morgan fingerprint density at radius 1 is 0.731 bits per heavy atom. The molecule has 2 aromatic rings. The Bertz CT molecular complexity index is 976. The minimum Gasteiger partial charge on any atom is -0.351 e. The Hall–Kier alpha value is -2.98. The van der Waals surface area contributed by atoms with E-state index in [1.807, 2.05) is 7.05 Å². The number of hydrogen-bond donors (Lipinski definition) is 0. The van der Waals surface area contributed by atoms with Gasteiger partial charge in [0.1, 0.15) is 18.3 Å². The second-order valence-corrected chi connectivity index (χ2v) is 7.17. The lowest BCUT2D eigenvalue weighted by atomic mass is 9.92.